The molecular formula is C9H10FN5O. The molecule has 6 nitrogen and oxygen atoms in total. The van der Waals surface area contributed by atoms with Gasteiger partial charge in [-0.05, 0) is 23.7 Å². The topological polar surface area (TPSA) is 104 Å². The first-order valence-corrected chi connectivity index (χ1v) is 4.45. The van der Waals surface area contributed by atoms with Crippen molar-refractivity contribution in [3.63, 3.8) is 0 Å². The Kier molecular flexibility index (Phi) is 4.11. The van der Waals surface area contributed by atoms with Crippen molar-refractivity contribution < 1.29 is 9.18 Å². The van der Waals surface area contributed by atoms with Crippen molar-refractivity contribution in [1.29, 1.82) is 0 Å². The molecule has 7 heteroatoms. The van der Waals surface area contributed by atoms with Gasteiger partial charge < -0.3 is 11.1 Å². The van der Waals surface area contributed by atoms with Crippen LogP contribution in [-0.2, 0) is 4.79 Å². The first kappa shape index (κ1) is 11.8. The van der Waals surface area contributed by atoms with Crippen molar-refractivity contribution in [1.82, 2.24) is 0 Å². The SMILES string of the molecule is [N-]=[N+]=NCC(Nc1cccc(F)c1)C(N)=O. The Hall–Kier alpha value is -2.27. The Morgan fingerprint density at radius 3 is 3.00 bits per heavy atom. The molecule has 0 aliphatic rings. The van der Waals surface area contributed by atoms with E-state index in [2.05, 4.69) is 15.3 Å². The number of amides is 1. The van der Waals surface area contributed by atoms with Crippen LogP contribution in [0, 0.1) is 5.82 Å². The lowest BCUT2D eigenvalue weighted by atomic mass is 10.2. The van der Waals surface area contributed by atoms with Gasteiger partial charge in [0.05, 0.1) is 6.54 Å². The Balaban J connectivity index is 2.75. The number of nitrogens with zero attached hydrogens (tertiary/aromatic N) is 3. The van der Waals surface area contributed by atoms with Crippen molar-refractivity contribution in [2.75, 3.05) is 11.9 Å². The second kappa shape index (κ2) is 5.57. The number of hydrogen-bond acceptors (Lipinski definition) is 3. The first-order valence-electron chi connectivity index (χ1n) is 4.45. The van der Waals surface area contributed by atoms with E-state index in [0.29, 0.717) is 5.69 Å². The average molecular weight is 223 g/mol. The number of primary amides is 1. The van der Waals surface area contributed by atoms with Gasteiger partial charge in [0.15, 0.2) is 0 Å². The summed E-state index contributed by atoms with van der Waals surface area (Å²) in [6.07, 6.45) is 0. The molecule has 16 heavy (non-hydrogen) atoms. The molecule has 0 aromatic heterocycles. The number of halogens is 1. The monoisotopic (exact) mass is 223 g/mol. The van der Waals surface area contributed by atoms with Gasteiger partial charge in [-0.2, -0.15) is 0 Å². The van der Waals surface area contributed by atoms with Gasteiger partial charge in [-0.25, -0.2) is 4.39 Å². The number of carbonyl (C=O) groups is 1. The minimum Gasteiger partial charge on any atom is -0.374 e. The van der Waals surface area contributed by atoms with E-state index in [0.717, 1.165) is 0 Å². The number of nitrogens with one attached hydrogen (secondary N) is 1. The van der Waals surface area contributed by atoms with Crippen LogP contribution in [0.25, 0.3) is 10.4 Å². The molecule has 0 bridgehead atoms. The Morgan fingerprint density at radius 1 is 1.69 bits per heavy atom. The molecule has 84 valence electrons. The summed E-state index contributed by atoms with van der Waals surface area (Å²) in [6, 6.07) is 4.71. The van der Waals surface area contributed by atoms with Crippen LogP contribution >= 0.6 is 0 Å². The van der Waals surface area contributed by atoms with Crippen LogP contribution in [0.5, 0.6) is 0 Å². The highest BCUT2D eigenvalue weighted by molar-refractivity contribution is 5.83. The predicted molar refractivity (Wildman–Crippen MR) is 57.0 cm³/mol. The van der Waals surface area contributed by atoms with Crippen LogP contribution in [0.1, 0.15) is 0 Å². The molecule has 0 heterocycles. The summed E-state index contributed by atoms with van der Waals surface area (Å²) in [7, 11) is 0. The molecule has 3 N–H and O–H groups in total. The van der Waals surface area contributed by atoms with E-state index < -0.39 is 17.8 Å². The molecule has 0 radical (unpaired) electrons. The highest BCUT2D eigenvalue weighted by atomic mass is 19.1. The van der Waals surface area contributed by atoms with Gasteiger partial charge in [0.1, 0.15) is 11.9 Å². The number of carbonyl (C=O) groups excluding carboxylic acids is 1. The number of benzene rings is 1. The van der Waals surface area contributed by atoms with Crippen LogP contribution in [0.3, 0.4) is 0 Å². The van der Waals surface area contributed by atoms with E-state index in [4.69, 9.17) is 11.3 Å². The fraction of sp³-hybridized carbons (Fsp3) is 0.222. The van der Waals surface area contributed by atoms with Gasteiger partial charge in [-0.15, -0.1) is 0 Å². The van der Waals surface area contributed by atoms with Crippen molar-refractivity contribution in [2.24, 2.45) is 10.8 Å². The van der Waals surface area contributed by atoms with Gasteiger partial charge in [-0.3, -0.25) is 4.79 Å². The minimum atomic E-state index is -0.849. The summed E-state index contributed by atoms with van der Waals surface area (Å²) in [5.74, 6) is -1.10. The summed E-state index contributed by atoms with van der Waals surface area (Å²) >= 11 is 0. The average Bonchev–Trinajstić information content (AvgIpc) is 2.24. The maximum absolute atomic E-state index is 12.8. The Labute approximate surface area is 90.9 Å². The van der Waals surface area contributed by atoms with Crippen molar-refractivity contribution >= 4 is 11.6 Å². The minimum absolute atomic E-state index is 0.123. The Bertz CT molecular complexity index is 430. The van der Waals surface area contributed by atoms with Crippen molar-refractivity contribution in [3.05, 3.63) is 40.5 Å². The molecular weight excluding hydrogens is 213 g/mol. The molecule has 0 aliphatic heterocycles. The van der Waals surface area contributed by atoms with E-state index in [1.54, 1.807) is 6.07 Å². The molecule has 1 aromatic carbocycles. The molecule has 0 aliphatic carbocycles. The third-order valence-electron chi connectivity index (χ3n) is 1.84. The Morgan fingerprint density at radius 2 is 2.44 bits per heavy atom. The lowest BCUT2D eigenvalue weighted by Gasteiger charge is -2.14. The molecule has 0 spiro atoms. The van der Waals surface area contributed by atoms with Gasteiger partial charge in [0.2, 0.25) is 5.91 Å². The number of hydrogen-bond donors (Lipinski definition) is 2. The summed E-state index contributed by atoms with van der Waals surface area (Å²) in [6.45, 7) is -0.123. The highest BCUT2D eigenvalue weighted by Crippen LogP contribution is 2.10. The molecule has 0 fully saturated rings. The summed E-state index contributed by atoms with van der Waals surface area (Å²) in [4.78, 5) is 13.5. The molecule has 1 rings (SSSR count). The largest absolute Gasteiger partial charge is 0.374 e. The van der Waals surface area contributed by atoms with E-state index in [9.17, 15) is 9.18 Å². The van der Waals surface area contributed by atoms with Crippen LogP contribution in [-0.4, -0.2) is 18.5 Å². The summed E-state index contributed by atoms with van der Waals surface area (Å²) in [5, 5.41) is 5.91. The molecule has 1 atom stereocenters. The first-order chi connectivity index (χ1) is 7.63. The second-order valence-corrected chi connectivity index (χ2v) is 3.02. The second-order valence-electron chi connectivity index (χ2n) is 3.02. The number of nitrogens with two attached hydrogens (primary N) is 1. The van der Waals surface area contributed by atoms with E-state index in [-0.39, 0.29) is 6.54 Å². The normalized spacial score (nSPS) is 11.3. The van der Waals surface area contributed by atoms with Gasteiger partial charge in [0, 0.05) is 10.6 Å². The van der Waals surface area contributed by atoms with Crippen molar-refractivity contribution in [3.8, 4) is 0 Å². The van der Waals surface area contributed by atoms with Gasteiger partial charge >= 0.3 is 0 Å². The van der Waals surface area contributed by atoms with Crippen LogP contribution < -0.4 is 11.1 Å². The number of azide groups is 1. The summed E-state index contributed by atoms with van der Waals surface area (Å²) in [5.41, 5.74) is 13.6. The maximum Gasteiger partial charge on any atom is 0.240 e. The zero-order chi connectivity index (χ0) is 12.0. The van der Waals surface area contributed by atoms with E-state index in [1.807, 2.05) is 0 Å². The zero-order valence-corrected chi connectivity index (χ0v) is 8.30. The van der Waals surface area contributed by atoms with Crippen LogP contribution in [0.4, 0.5) is 10.1 Å². The smallest absolute Gasteiger partial charge is 0.240 e. The predicted octanol–water partition coefficient (Wildman–Crippen LogP) is 1.40. The lowest BCUT2D eigenvalue weighted by molar-refractivity contribution is -0.118. The molecule has 1 unspecified atom stereocenters. The number of rotatable bonds is 5. The maximum atomic E-state index is 12.8. The third-order valence-corrected chi connectivity index (χ3v) is 1.84. The van der Waals surface area contributed by atoms with Gasteiger partial charge in [-0.1, -0.05) is 11.2 Å². The quantitative estimate of drug-likeness (QED) is 0.447. The molecule has 0 saturated heterocycles. The number of anilines is 1. The van der Waals surface area contributed by atoms with E-state index >= 15 is 0 Å². The van der Waals surface area contributed by atoms with Crippen LogP contribution in [0.2, 0.25) is 0 Å². The van der Waals surface area contributed by atoms with Gasteiger partial charge in [0.25, 0.3) is 0 Å². The van der Waals surface area contributed by atoms with E-state index in [1.165, 1.54) is 18.2 Å². The molecule has 1 amide bonds. The molecule has 1 aromatic rings. The fourth-order valence-corrected chi connectivity index (χ4v) is 1.10. The molecule has 0 saturated carbocycles. The zero-order valence-electron chi connectivity index (χ0n) is 8.30. The highest BCUT2D eigenvalue weighted by Gasteiger charge is 2.13. The van der Waals surface area contributed by atoms with Crippen LogP contribution in [0.15, 0.2) is 29.4 Å². The van der Waals surface area contributed by atoms with Crippen molar-refractivity contribution in [2.45, 2.75) is 6.04 Å². The summed E-state index contributed by atoms with van der Waals surface area (Å²) < 4.78 is 12.8. The fourth-order valence-electron chi connectivity index (χ4n) is 1.10. The standard InChI is InChI=1S/C9H10FN5O/c10-6-2-1-3-7(4-6)14-8(9(11)16)5-13-15-12/h1-4,8,14H,5H2,(H2,11,16). The lowest BCUT2D eigenvalue weighted by Crippen LogP contribution is -2.37. The third kappa shape index (κ3) is 3.47.